The fourth-order valence-corrected chi connectivity index (χ4v) is 3.73. The van der Waals surface area contributed by atoms with Gasteiger partial charge in [-0.3, -0.25) is 4.79 Å². The molecule has 9 heteroatoms. The van der Waals surface area contributed by atoms with Gasteiger partial charge in [0.2, 0.25) is 0 Å². The van der Waals surface area contributed by atoms with Crippen molar-refractivity contribution in [1.82, 2.24) is 5.48 Å². The van der Waals surface area contributed by atoms with Crippen LogP contribution in [0.5, 0.6) is 0 Å². The fourth-order valence-electron chi connectivity index (χ4n) is 1.32. The molecule has 0 atom stereocenters. The number of halogens is 4. The molecule has 0 aliphatic carbocycles. The van der Waals surface area contributed by atoms with Gasteiger partial charge in [-0.05, 0) is 56.1 Å². The lowest BCUT2D eigenvalue weighted by Crippen LogP contribution is -2.27. The topological polar surface area (TPSA) is 55.4 Å². The van der Waals surface area contributed by atoms with Crippen LogP contribution in [-0.4, -0.2) is 11.9 Å². The monoisotopic (exact) mass is 471 g/mol. The third-order valence-electron chi connectivity index (χ3n) is 2.26. The first-order chi connectivity index (χ1) is 9.88. The summed E-state index contributed by atoms with van der Waals surface area (Å²) in [6, 6.07) is 5.95. The minimum absolute atomic E-state index is 0.155. The standard InChI is InChI=1S/C12H5Br2Cl2NO3S/c13-7-4-9(21-10(7)14)12(19)20-17-11(18)6-2-1-5(15)3-8(6)16/h1-4H,(H,17,18). The Morgan fingerprint density at radius 2 is 1.90 bits per heavy atom. The molecule has 0 spiro atoms. The first kappa shape index (κ1) is 16.8. The van der Waals surface area contributed by atoms with Gasteiger partial charge < -0.3 is 4.84 Å². The summed E-state index contributed by atoms with van der Waals surface area (Å²) in [5, 5.41) is 0.569. The fraction of sp³-hybridized carbons (Fsp3) is 0. The SMILES string of the molecule is O=C(ONC(=O)c1ccc(Cl)cc1Cl)c1cc(Br)c(Br)s1. The van der Waals surface area contributed by atoms with Crippen molar-refractivity contribution in [3.8, 4) is 0 Å². The zero-order valence-corrected chi connectivity index (χ0v) is 15.5. The molecule has 0 radical (unpaired) electrons. The summed E-state index contributed by atoms with van der Waals surface area (Å²) in [5.41, 5.74) is 2.20. The molecule has 1 N–H and O–H groups in total. The van der Waals surface area contributed by atoms with Crippen LogP contribution in [0.25, 0.3) is 0 Å². The molecule has 110 valence electrons. The van der Waals surface area contributed by atoms with Crippen LogP contribution in [0.3, 0.4) is 0 Å². The van der Waals surface area contributed by atoms with Gasteiger partial charge in [0.1, 0.15) is 4.88 Å². The van der Waals surface area contributed by atoms with Crippen molar-refractivity contribution in [2.75, 3.05) is 0 Å². The molecule has 0 saturated carbocycles. The zero-order chi connectivity index (χ0) is 15.6. The maximum Gasteiger partial charge on any atom is 0.372 e. The van der Waals surface area contributed by atoms with E-state index in [0.29, 0.717) is 9.90 Å². The van der Waals surface area contributed by atoms with E-state index in [1.54, 1.807) is 6.07 Å². The van der Waals surface area contributed by atoms with Crippen molar-refractivity contribution in [2.24, 2.45) is 0 Å². The molecule has 1 aromatic heterocycles. The number of nitrogens with one attached hydrogen (secondary N) is 1. The average molecular weight is 474 g/mol. The number of hydrogen-bond acceptors (Lipinski definition) is 4. The number of hydrogen-bond donors (Lipinski definition) is 1. The molecule has 0 aliphatic rings. The zero-order valence-electron chi connectivity index (χ0n) is 9.95. The van der Waals surface area contributed by atoms with Crippen LogP contribution >= 0.6 is 66.4 Å². The van der Waals surface area contributed by atoms with Gasteiger partial charge >= 0.3 is 5.97 Å². The maximum absolute atomic E-state index is 11.9. The second-order valence-corrected chi connectivity index (χ2v) is 7.75. The lowest BCUT2D eigenvalue weighted by Gasteiger charge is -2.06. The number of benzene rings is 1. The van der Waals surface area contributed by atoms with Crippen LogP contribution in [0.15, 0.2) is 32.5 Å². The molecule has 1 heterocycles. The minimum Gasteiger partial charge on any atom is -0.334 e. The van der Waals surface area contributed by atoms with E-state index in [0.717, 1.165) is 8.26 Å². The summed E-state index contributed by atoms with van der Waals surface area (Å²) in [4.78, 5) is 28.7. The Labute approximate surface area is 150 Å². The van der Waals surface area contributed by atoms with Crippen molar-refractivity contribution in [3.05, 3.63) is 53.0 Å². The summed E-state index contributed by atoms with van der Waals surface area (Å²) in [7, 11) is 0. The van der Waals surface area contributed by atoms with Crippen LogP contribution in [0.1, 0.15) is 20.0 Å². The third kappa shape index (κ3) is 4.20. The lowest BCUT2D eigenvalue weighted by atomic mass is 10.2. The molecule has 21 heavy (non-hydrogen) atoms. The highest BCUT2D eigenvalue weighted by molar-refractivity contribution is 9.13. The van der Waals surface area contributed by atoms with Crippen LogP contribution in [0.4, 0.5) is 0 Å². The van der Waals surface area contributed by atoms with Crippen LogP contribution in [-0.2, 0) is 4.84 Å². The number of carbonyl (C=O) groups is 2. The minimum atomic E-state index is -0.676. The Hall–Kier alpha value is -0.600. The summed E-state index contributed by atoms with van der Waals surface area (Å²) in [5.74, 6) is -1.32. The van der Waals surface area contributed by atoms with Gasteiger partial charge in [0.05, 0.1) is 14.4 Å². The van der Waals surface area contributed by atoms with Crippen molar-refractivity contribution in [2.45, 2.75) is 0 Å². The first-order valence-electron chi connectivity index (χ1n) is 5.30. The molecule has 2 aromatic rings. The van der Waals surface area contributed by atoms with Gasteiger partial charge in [0.15, 0.2) is 0 Å². The van der Waals surface area contributed by atoms with E-state index in [2.05, 4.69) is 31.9 Å². The highest BCUT2D eigenvalue weighted by Crippen LogP contribution is 2.32. The van der Waals surface area contributed by atoms with E-state index in [1.807, 2.05) is 5.48 Å². The highest BCUT2D eigenvalue weighted by Gasteiger charge is 2.17. The van der Waals surface area contributed by atoms with E-state index in [9.17, 15) is 9.59 Å². The van der Waals surface area contributed by atoms with Crippen LogP contribution in [0, 0.1) is 0 Å². The predicted octanol–water partition coefficient (Wildman–Crippen LogP) is 5.08. The number of carbonyl (C=O) groups excluding carboxylic acids is 2. The molecule has 0 unspecified atom stereocenters. The van der Waals surface area contributed by atoms with E-state index in [-0.39, 0.29) is 10.6 Å². The summed E-state index contributed by atoms with van der Waals surface area (Å²) in [6.07, 6.45) is 0. The van der Waals surface area contributed by atoms with E-state index in [4.69, 9.17) is 28.0 Å². The van der Waals surface area contributed by atoms with E-state index in [1.165, 1.54) is 29.5 Å². The molecule has 1 amide bonds. The number of amides is 1. The van der Waals surface area contributed by atoms with Crippen LogP contribution < -0.4 is 5.48 Å². The summed E-state index contributed by atoms with van der Waals surface area (Å²) in [6.45, 7) is 0. The molecule has 1 aromatic carbocycles. The normalized spacial score (nSPS) is 10.3. The first-order valence-corrected chi connectivity index (χ1v) is 8.45. The van der Waals surface area contributed by atoms with Gasteiger partial charge in [0, 0.05) is 9.50 Å². The number of thiophene rings is 1. The van der Waals surface area contributed by atoms with Gasteiger partial charge in [-0.2, -0.15) is 5.48 Å². The van der Waals surface area contributed by atoms with Crippen molar-refractivity contribution in [1.29, 1.82) is 0 Å². The largest absolute Gasteiger partial charge is 0.372 e. The van der Waals surface area contributed by atoms with Gasteiger partial charge in [-0.25, -0.2) is 4.79 Å². The second-order valence-electron chi connectivity index (χ2n) is 3.68. The molecule has 0 saturated heterocycles. The van der Waals surface area contributed by atoms with Gasteiger partial charge in [0.25, 0.3) is 5.91 Å². The predicted molar refractivity (Wildman–Crippen MR) is 89.1 cm³/mol. The number of rotatable bonds is 2. The van der Waals surface area contributed by atoms with Crippen molar-refractivity contribution in [3.63, 3.8) is 0 Å². The smallest absolute Gasteiger partial charge is 0.334 e. The molecular weight excluding hydrogens is 469 g/mol. The Kier molecular flexibility index (Phi) is 5.67. The van der Waals surface area contributed by atoms with Crippen LogP contribution in [0.2, 0.25) is 10.0 Å². The Balaban J connectivity index is 2.02. The Morgan fingerprint density at radius 1 is 1.19 bits per heavy atom. The molecule has 0 fully saturated rings. The Morgan fingerprint density at radius 3 is 2.48 bits per heavy atom. The van der Waals surface area contributed by atoms with Gasteiger partial charge in [-0.15, -0.1) is 11.3 Å². The summed E-state index contributed by atoms with van der Waals surface area (Å²) >= 11 is 19.3. The maximum atomic E-state index is 11.9. The molecule has 0 bridgehead atoms. The molecule has 4 nitrogen and oxygen atoms in total. The third-order valence-corrected chi connectivity index (χ3v) is 6.04. The van der Waals surface area contributed by atoms with Crippen molar-refractivity contribution >= 4 is 78.3 Å². The lowest BCUT2D eigenvalue weighted by molar-refractivity contribution is 0.0235. The quantitative estimate of drug-likeness (QED) is 0.619. The second kappa shape index (κ2) is 7.11. The highest BCUT2D eigenvalue weighted by atomic mass is 79.9. The van der Waals surface area contributed by atoms with Gasteiger partial charge in [-0.1, -0.05) is 23.2 Å². The molecular formula is C12H5Br2Cl2NO3S. The van der Waals surface area contributed by atoms with Crippen molar-refractivity contribution < 1.29 is 14.4 Å². The number of hydroxylamine groups is 1. The van der Waals surface area contributed by atoms with E-state index < -0.39 is 11.9 Å². The Bertz CT molecular complexity index is 701. The molecule has 2 rings (SSSR count). The molecule has 0 aliphatic heterocycles. The van der Waals surface area contributed by atoms with E-state index >= 15 is 0 Å². The average Bonchev–Trinajstić information content (AvgIpc) is 2.76. The summed E-state index contributed by atoms with van der Waals surface area (Å²) < 4.78 is 1.48.